The fourth-order valence-electron chi connectivity index (χ4n) is 1.65. The lowest BCUT2D eigenvalue weighted by Gasteiger charge is -2.22. The second kappa shape index (κ2) is 6.66. The lowest BCUT2D eigenvalue weighted by Crippen LogP contribution is -2.34. The summed E-state index contributed by atoms with van der Waals surface area (Å²) in [5.74, 6) is 0.642. The Kier molecular flexibility index (Phi) is 5.50. The first kappa shape index (κ1) is 13.2. The normalized spacial score (nSPS) is 16.8. The standard InChI is InChI=1S/C14H23NO/c1-4-11(2)12(3)15-10-14(16)13-8-6-5-7-9-13/h5-9,11-12,14-16H,4,10H2,1-3H3. The molecule has 2 heteroatoms. The van der Waals surface area contributed by atoms with Crippen LogP contribution in [0, 0.1) is 5.92 Å². The van der Waals surface area contributed by atoms with E-state index in [-0.39, 0.29) is 0 Å². The molecule has 0 aliphatic carbocycles. The van der Waals surface area contributed by atoms with Gasteiger partial charge in [0.2, 0.25) is 0 Å². The Bertz CT molecular complexity index is 286. The van der Waals surface area contributed by atoms with E-state index in [0.29, 0.717) is 18.5 Å². The molecular weight excluding hydrogens is 198 g/mol. The van der Waals surface area contributed by atoms with Crippen molar-refractivity contribution in [2.75, 3.05) is 6.54 Å². The predicted molar refractivity (Wildman–Crippen MR) is 68.3 cm³/mol. The molecule has 0 saturated heterocycles. The molecule has 1 rings (SSSR count). The van der Waals surface area contributed by atoms with Crippen LogP contribution < -0.4 is 5.32 Å². The number of benzene rings is 1. The topological polar surface area (TPSA) is 32.3 Å². The van der Waals surface area contributed by atoms with Crippen LogP contribution in [0.25, 0.3) is 0 Å². The minimum atomic E-state index is -0.410. The fourth-order valence-corrected chi connectivity index (χ4v) is 1.65. The molecule has 90 valence electrons. The molecule has 2 N–H and O–H groups in total. The van der Waals surface area contributed by atoms with Crippen molar-refractivity contribution in [1.82, 2.24) is 5.32 Å². The van der Waals surface area contributed by atoms with E-state index in [0.717, 1.165) is 12.0 Å². The number of rotatable bonds is 6. The first-order valence-corrected chi connectivity index (χ1v) is 6.11. The van der Waals surface area contributed by atoms with Gasteiger partial charge in [-0.15, -0.1) is 0 Å². The minimum absolute atomic E-state index is 0.410. The van der Waals surface area contributed by atoms with Crippen LogP contribution in [0.5, 0.6) is 0 Å². The van der Waals surface area contributed by atoms with E-state index in [1.54, 1.807) is 0 Å². The van der Waals surface area contributed by atoms with Crippen LogP contribution in [0.2, 0.25) is 0 Å². The molecule has 0 aromatic heterocycles. The number of aliphatic hydroxyl groups excluding tert-OH is 1. The average Bonchev–Trinajstić information content (AvgIpc) is 2.35. The molecule has 0 amide bonds. The molecule has 2 nitrogen and oxygen atoms in total. The monoisotopic (exact) mass is 221 g/mol. The molecule has 1 aromatic carbocycles. The molecule has 0 aliphatic heterocycles. The quantitative estimate of drug-likeness (QED) is 0.774. The van der Waals surface area contributed by atoms with Gasteiger partial charge in [0.1, 0.15) is 0 Å². The Morgan fingerprint density at radius 3 is 2.38 bits per heavy atom. The van der Waals surface area contributed by atoms with E-state index in [1.807, 2.05) is 30.3 Å². The van der Waals surface area contributed by atoms with E-state index in [4.69, 9.17) is 0 Å². The third-order valence-electron chi connectivity index (χ3n) is 3.32. The van der Waals surface area contributed by atoms with E-state index < -0.39 is 6.10 Å². The zero-order chi connectivity index (χ0) is 12.0. The van der Waals surface area contributed by atoms with Crippen molar-refractivity contribution in [3.63, 3.8) is 0 Å². The highest BCUT2D eigenvalue weighted by Gasteiger charge is 2.12. The maximum absolute atomic E-state index is 9.96. The molecule has 0 bridgehead atoms. The number of nitrogens with one attached hydrogen (secondary N) is 1. The van der Waals surface area contributed by atoms with Crippen molar-refractivity contribution in [2.45, 2.75) is 39.3 Å². The highest BCUT2D eigenvalue weighted by atomic mass is 16.3. The van der Waals surface area contributed by atoms with Crippen LogP contribution in [0.15, 0.2) is 30.3 Å². The molecule has 3 unspecified atom stereocenters. The Morgan fingerprint density at radius 2 is 1.81 bits per heavy atom. The van der Waals surface area contributed by atoms with Gasteiger partial charge in [-0.1, -0.05) is 50.6 Å². The molecule has 16 heavy (non-hydrogen) atoms. The number of hydrogen-bond acceptors (Lipinski definition) is 2. The Balaban J connectivity index is 2.38. The average molecular weight is 221 g/mol. The van der Waals surface area contributed by atoms with Crippen molar-refractivity contribution in [3.05, 3.63) is 35.9 Å². The summed E-state index contributed by atoms with van der Waals surface area (Å²) in [5, 5.41) is 13.3. The Labute approximate surface area is 98.7 Å². The van der Waals surface area contributed by atoms with E-state index in [1.165, 1.54) is 0 Å². The Hall–Kier alpha value is -0.860. The van der Waals surface area contributed by atoms with Gasteiger partial charge in [-0.25, -0.2) is 0 Å². The third kappa shape index (κ3) is 3.95. The van der Waals surface area contributed by atoms with Crippen LogP contribution in [-0.2, 0) is 0 Å². The van der Waals surface area contributed by atoms with Crippen LogP contribution in [0.1, 0.15) is 38.9 Å². The molecule has 0 heterocycles. The van der Waals surface area contributed by atoms with Gasteiger partial charge in [0.05, 0.1) is 6.10 Å². The van der Waals surface area contributed by atoms with Crippen LogP contribution >= 0.6 is 0 Å². The molecule has 0 radical (unpaired) electrons. The summed E-state index contributed by atoms with van der Waals surface area (Å²) in [7, 11) is 0. The van der Waals surface area contributed by atoms with Crippen molar-refractivity contribution < 1.29 is 5.11 Å². The van der Waals surface area contributed by atoms with E-state index in [2.05, 4.69) is 26.1 Å². The van der Waals surface area contributed by atoms with Gasteiger partial charge in [0, 0.05) is 12.6 Å². The molecule has 1 aromatic rings. The van der Waals surface area contributed by atoms with Crippen molar-refractivity contribution >= 4 is 0 Å². The van der Waals surface area contributed by atoms with E-state index in [9.17, 15) is 5.11 Å². The van der Waals surface area contributed by atoms with Crippen molar-refractivity contribution in [1.29, 1.82) is 0 Å². The van der Waals surface area contributed by atoms with Gasteiger partial charge in [0.15, 0.2) is 0 Å². The zero-order valence-corrected chi connectivity index (χ0v) is 10.5. The highest BCUT2D eigenvalue weighted by molar-refractivity contribution is 5.17. The first-order chi connectivity index (χ1) is 7.65. The number of hydrogen-bond donors (Lipinski definition) is 2. The summed E-state index contributed by atoms with van der Waals surface area (Å²) in [4.78, 5) is 0. The Morgan fingerprint density at radius 1 is 1.19 bits per heavy atom. The van der Waals surface area contributed by atoms with Gasteiger partial charge < -0.3 is 10.4 Å². The SMILES string of the molecule is CCC(C)C(C)NCC(O)c1ccccc1. The molecule has 0 spiro atoms. The zero-order valence-electron chi connectivity index (χ0n) is 10.5. The molecular formula is C14H23NO. The molecule has 0 aliphatic rings. The summed E-state index contributed by atoms with van der Waals surface area (Å²) in [6, 6.07) is 10.2. The predicted octanol–water partition coefficient (Wildman–Crippen LogP) is 2.74. The number of aliphatic hydroxyl groups is 1. The van der Waals surface area contributed by atoms with Gasteiger partial charge in [0.25, 0.3) is 0 Å². The first-order valence-electron chi connectivity index (χ1n) is 6.11. The van der Waals surface area contributed by atoms with Crippen molar-refractivity contribution in [2.24, 2.45) is 5.92 Å². The van der Waals surface area contributed by atoms with Crippen LogP contribution in [0.4, 0.5) is 0 Å². The van der Waals surface area contributed by atoms with Crippen LogP contribution in [-0.4, -0.2) is 17.7 Å². The summed E-state index contributed by atoms with van der Waals surface area (Å²) >= 11 is 0. The maximum atomic E-state index is 9.96. The molecule has 0 fully saturated rings. The second-order valence-electron chi connectivity index (χ2n) is 4.51. The van der Waals surface area contributed by atoms with Crippen molar-refractivity contribution in [3.8, 4) is 0 Å². The lowest BCUT2D eigenvalue weighted by atomic mass is 10.0. The van der Waals surface area contributed by atoms with Crippen LogP contribution in [0.3, 0.4) is 0 Å². The minimum Gasteiger partial charge on any atom is -0.387 e. The maximum Gasteiger partial charge on any atom is 0.0914 e. The third-order valence-corrected chi connectivity index (χ3v) is 3.32. The van der Waals surface area contributed by atoms with Gasteiger partial charge in [-0.2, -0.15) is 0 Å². The second-order valence-corrected chi connectivity index (χ2v) is 4.51. The summed E-state index contributed by atoms with van der Waals surface area (Å²) < 4.78 is 0. The van der Waals surface area contributed by atoms with E-state index >= 15 is 0 Å². The largest absolute Gasteiger partial charge is 0.387 e. The molecule has 0 saturated carbocycles. The highest BCUT2D eigenvalue weighted by Crippen LogP contribution is 2.12. The summed E-state index contributed by atoms with van der Waals surface area (Å²) in [6.45, 7) is 7.21. The summed E-state index contributed by atoms with van der Waals surface area (Å²) in [6.07, 6.45) is 0.753. The fraction of sp³-hybridized carbons (Fsp3) is 0.571. The van der Waals surface area contributed by atoms with Gasteiger partial charge >= 0.3 is 0 Å². The smallest absolute Gasteiger partial charge is 0.0914 e. The van der Waals surface area contributed by atoms with Gasteiger partial charge in [-0.3, -0.25) is 0 Å². The summed E-state index contributed by atoms with van der Waals surface area (Å²) in [5.41, 5.74) is 0.978. The lowest BCUT2D eigenvalue weighted by molar-refractivity contribution is 0.166. The van der Waals surface area contributed by atoms with Gasteiger partial charge in [-0.05, 0) is 18.4 Å². The molecule has 3 atom stereocenters.